The van der Waals surface area contributed by atoms with E-state index in [2.05, 4.69) is 21.2 Å². The van der Waals surface area contributed by atoms with Gasteiger partial charge in [0.2, 0.25) is 5.91 Å². The zero-order chi connectivity index (χ0) is 16.1. The molecule has 0 aliphatic rings. The zero-order valence-electron chi connectivity index (χ0n) is 11.8. The number of rotatable bonds is 5. The third-order valence-electron chi connectivity index (χ3n) is 3.02. The molecule has 1 amide bonds. The summed E-state index contributed by atoms with van der Waals surface area (Å²) in [6.45, 7) is 0. The third kappa shape index (κ3) is 3.85. The number of carboxylic acid groups (broad SMARTS) is 1. The van der Waals surface area contributed by atoms with Gasteiger partial charge in [0.15, 0.2) is 0 Å². The first-order valence-electron chi connectivity index (χ1n) is 6.44. The number of halogens is 1. The van der Waals surface area contributed by atoms with Crippen molar-refractivity contribution in [2.45, 2.75) is 6.42 Å². The van der Waals surface area contributed by atoms with E-state index in [1.807, 2.05) is 6.07 Å². The van der Waals surface area contributed by atoms with Crippen LogP contribution in [0, 0.1) is 0 Å². The molecule has 5 nitrogen and oxygen atoms in total. The van der Waals surface area contributed by atoms with Gasteiger partial charge < -0.3 is 20.0 Å². The van der Waals surface area contributed by atoms with Crippen LogP contribution in [0.15, 0.2) is 46.9 Å². The summed E-state index contributed by atoms with van der Waals surface area (Å²) in [5.41, 5.74) is 0.834. The van der Waals surface area contributed by atoms with E-state index in [1.54, 1.807) is 24.3 Å². The number of carbonyl (C=O) groups excluding carboxylic acids is 2. The SMILES string of the molecule is COc1ccccc1CC(=O)Nc1ccc(Br)cc1C(=O)[O-]. The molecular formula is C16H13BrNO4-. The molecule has 0 aliphatic heterocycles. The summed E-state index contributed by atoms with van der Waals surface area (Å²) in [4.78, 5) is 23.2. The highest BCUT2D eigenvalue weighted by molar-refractivity contribution is 9.10. The minimum atomic E-state index is -1.35. The molecule has 0 spiro atoms. The van der Waals surface area contributed by atoms with Gasteiger partial charge in [-0.3, -0.25) is 4.79 Å². The van der Waals surface area contributed by atoms with Crippen LogP contribution in [0.1, 0.15) is 15.9 Å². The van der Waals surface area contributed by atoms with Crippen LogP contribution in [-0.4, -0.2) is 19.0 Å². The Hall–Kier alpha value is -2.34. The molecule has 0 atom stereocenters. The first kappa shape index (κ1) is 16.0. The molecule has 0 fully saturated rings. The number of benzene rings is 2. The number of aromatic carboxylic acids is 1. The number of carboxylic acids is 1. The van der Waals surface area contributed by atoms with Crippen LogP contribution < -0.4 is 15.2 Å². The molecule has 0 bridgehead atoms. The van der Waals surface area contributed by atoms with Crippen molar-refractivity contribution < 1.29 is 19.4 Å². The summed E-state index contributed by atoms with van der Waals surface area (Å²) in [5, 5.41) is 13.7. The van der Waals surface area contributed by atoms with Crippen molar-refractivity contribution in [1.29, 1.82) is 0 Å². The van der Waals surface area contributed by atoms with Crippen molar-refractivity contribution in [1.82, 2.24) is 0 Å². The Labute approximate surface area is 136 Å². The normalized spacial score (nSPS) is 10.1. The average molecular weight is 363 g/mol. The molecule has 0 radical (unpaired) electrons. The van der Waals surface area contributed by atoms with Crippen LogP contribution in [0.3, 0.4) is 0 Å². The highest BCUT2D eigenvalue weighted by Gasteiger charge is 2.11. The Morgan fingerprint density at radius 2 is 1.95 bits per heavy atom. The van der Waals surface area contributed by atoms with Gasteiger partial charge in [0.25, 0.3) is 0 Å². The lowest BCUT2D eigenvalue weighted by atomic mass is 10.1. The monoisotopic (exact) mass is 362 g/mol. The number of amides is 1. The van der Waals surface area contributed by atoms with Gasteiger partial charge in [0, 0.05) is 21.3 Å². The highest BCUT2D eigenvalue weighted by atomic mass is 79.9. The van der Waals surface area contributed by atoms with E-state index in [0.29, 0.717) is 10.2 Å². The molecule has 0 saturated carbocycles. The Bertz CT molecular complexity index is 715. The van der Waals surface area contributed by atoms with Gasteiger partial charge in [0.05, 0.1) is 19.5 Å². The minimum Gasteiger partial charge on any atom is -0.545 e. The molecule has 0 heterocycles. The van der Waals surface area contributed by atoms with Gasteiger partial charge in [-0.2, -0.15) is 0 Å². The van der Waals surface area contributed by atoms with Gasteiger partial charge in [-0.25, -0.2) is 0 Å². The highest BCUT2D eigenvalue weighted by Crippen LogP contribution is 2.22. The number of hydrogen-bond donors (Lipinski definition) is 1. The third-order valence-corrected chi connectivity index (χ3v) is 3.51. The lowest BCUT2D eigenvalue weighted by Crippen LogP contribution is -2.25. The van der Waals surface area contributed by atoms with E-state index in [4.69, 9.17) is 4.74 Å². The van der Waals surface area contributed by atoms with Gasteiger partial charge in [0.1, 0.15) is 5.75 Å². The smallest absolute Gasteiger partial charge is 0.228 e. The average Bonchev–Trinajstić information content (AvgIpc) is 2.49. The second-order valence-corrected chi connectivity index (χ2v) is 5.43. The maximum absolute atomic E-state index is 12.1. The van der Waals surface area contributed by atoms with Gasteiger partial charge >= 0.3 is 0 Å². The number of ether oxygens (including phenoxy) is 1. The van der Waals surface area contributed by atoms with Gasteiger partial charge in [-0.05, 0) is 24.3 Å². The van der Waals surface area contributed by atoms with Crippen LogP contribution in [-0.2, 0) is 11.2 Å². The molecule has 2 rings (SSSR count). The summed E-state index contributed by atoms with van der Waals surface area (Å²) in [6, 6.07) is 11.7. The van der Waals surface area contributed by atoms with E-state index in [0.717, 1.165) is 5.56 Å². The number of para-hydroxylation sites is 1. The quantitative estimate of drug-likeness (QED) is 0.882. The van der Waals surface area contributed by atoms with Crippen LogP contribution in [0.4, 0.5) is 5.69 Å². The first-order valence-corrected chi connectivity index (χ1v) is 7.23. The Morgan fingerprint density at radius 1 is 1.23 bits per heavy atom. The number of methoxy groups -OCH3 is 1. The van der Waals surface area contributed by atoms with E-state index >= 15 is 0 Å². The maximum Gasteiger partial charge on any atom is 0.228 e. The fourth-order valence-electron chi connectivity index (χ4n) is 2.01. The van der Waals surface area contributed by atoms with Crippen LogP contribution in [0.25, 0.3) is 0 Å². The van der Waals surface area contributed by atoms with Crippen LogP contribution >= 0.6 is 15.9 Å². The molecule has 1 N–H and O–H groups in total. The molecular weight excluding hydrogens is 350 g/mol. The van der Waals surface area contributed by atoms with E-state index in [9.17, 15) is 14.7 Å². The molecule has 22 heavy (non-hydrogen) atoms. The standard InChI is InChI=1S/C16H14BrNO4/c1-22-14-5-3-2-4-10(14)8-15(19)18-13-7-6-11(17)9-12(13)16(20)21/h2-7,9H,8H2,1H3,(H,18,19)(H,20,21)/p-1. The number of anilines is 1. The molecule has 0 unspecified atom stereocenters. The van der Waals surface area contributed by atoms with Gasteiger partial charge in [-0.15, -0.1) is 0 Å². The maximum atomic E-state index is 12.1. The van der Waals surface area contributed by atoms with Crippen molar-refractivity contribution in [3.8, 4) is 5.75 Å². The number of nitrogens with one attached hydrogen (secondary N) is 1. The van der Waals surface area contributed by atoms with E-state index < -0.39 is 5.97 Å². The fraction of sp³-hybridized carbons (Fsp3) is 0.125. The molecule has 114 valence electrons. The van der Waals surface area contributed by atoms with Crippen LogP contribution in [0.5, 0.6) is 5.75 Å². The van der Waals surface area contributed by atoms with Crippen molar-refractivity contribution >= 4 is 33.5 Å². The Balaban J connectivity index is 2.17. The second kappa shape index (κ2) is 7.09. The molecule has 2 aromatic rings. The molecule has 0 saturated heterocycles. The molecule has 2 aromatic carbocycles. The number of hydrogen-bond acceptors (Lipinski definition) is 4. The second-order valence-electron chi connectivity index (χ2n) is 4.51. The fourth-order valence-corrected chi connectivity index (χ4v) is 2.37. The summed E-state index contributed by atoms with van der Waals surface area (Å²) < 4.78 is 5.78. The molecule has 6 heteroatoms. The predicted molar refractivity (Wildman–Crippen MR) is 83.8 cm³/mol. The van der Waals surface area contributed by atoms with E-state index in [1.165, 1.54) is 19.2 Å². The summed E-state index contributed by atoms with van der Waals surface area (Å²) in [5.74, 6) is -1.09. The number of carbonyl (C=O) groups is 2. The zero-order valence-corrected chi connectivity index (χ0v) is 13.3. The van der Waals surface area contributed by atoms with Crippen molar-refractivity contribution in [3.05, 3.63) is 58.1 Å². The van der Waals surface area contributed by atoms with Crippen molar-refractivity contribution in [2.75, 3.05) is 12.4 Å². The van der Waals surface area contributed by atoms with Gasteiger partial charge in [-0.1, -0.05) is 34.1 Å². The van der Waals surface area contributed by atoms with Crippen LogP contribution in [0.2, 0.25) is 0 Å². The summed E-state index contributed by atoms with van der Waals surface area (Å²) in [6.07, 6.45) is 0.0760. The van der Waals surface area contributed by atoms with Crippen molar-refractivity contribution in [3.63, 3.8) is 0 Å². The molecule has 0 aromatic heterocycles. The Kier molecular flexibility index (Phi) is 5.16. The largest absolute Gasteiger partial charge is 0.545 e. The summed E-state index contributed by atoms with van der Waals surface area (Å²) in [7, 11) is 1.53. The topological polar surface area (TPSA) is 78.5 Å². The van der Waals surface area contributed by atoms with Crippen molar-refractivity contribution in [2.24, 2.45) is 0 Å². The Morgan fingerprint density at radius 3 is 2.64 bits per heavy atom. The lowest BCUT2D eigenvalue weighted by Gasteiger charge is -2.13. The lowest BCUT2D eigenvalue weighted by molar-refractivity contribution is -0.254. The van der Waals surface area contributed by atoms with E-state index in [-0.39, 0.29) is 23.6 Å². The predicted octanol–water partition coefficient (Wildman–Crippen LogP) is 2.00. The minimum absolute atomic E-state index is 0.0760. The first-order chi connectivity index (χ1) is 10.5. The summed E-state index contributed by atoms with van der Waals surface area (Å²) >= 11 is 3.18. The molecule has 0 aliphatic carbocycles.